The number of nitrogens with zero attached hydrogens (tertiary/aromatic N) is 6. The molecule has 1 aromatic carbocycles. The van der Waals surface area contributed by atoms with Crippen molar-refractivity contribution >= 4 is 11.6 Å². The number of piperazine rings is 1. The summed E-state index contributed by atoms with van der Waals surface area (Å²) in [5.74, 6) is 0.916. The molecule has 1 fully saturated rings. The van der Waals surface area contributed by atoms with E-state index in [1.54, 1.807) is 42.6 Å². The van der Waals surface area contributed by atoms with Gasteiger partial charge in [0.1, 0.15) is 5.69 Å². The van der Waals surface area contributed by atoms with Gasteiger partial charge in [0, 0.05) is 45.2 Å². The number of benzene rings is 1. The van der Waals surface area contributed by atoms with Crippen molar-refractivity contribution in [2.75, 3.05) is 38.2 Å². The van der Waals surface area contributed by atoms with Crippen LogP contribution in [0.1, 0.15) is 16.1 Å². The molecule has 168 valence electrons. The lowest BCUT2D eigenvalue weighted by Gasteiger charge is -2.36. The lowest BCUT2D eigenvalue weighted by molar-refractivity contribution is 0.0741. The fourth-order valence-electron chi connectivity index (χ4n) is 3.99. The van der Waals surface area contributed by atoms with Crippen LogP contribution in [0.25, 0.3) is 17.4 Å². The van der Waals surface area contributed by atoms with Crippen molar-refractivity contribution in [1.82, 2.24) is 24.6 Å². The van der Waals surface area contributed by atoms with Crippen LogP contribution in [0.5, 0.6) is 0 Å². The standard InChI is InChI=1S/C24H24N6O3/c1-32-17-21-19(23(31)29-13-11-28(12-14-29)18-6-3-2-4-7-18)16-26-30(21)24-25-10-9-20(27-24)22-8-5-15-33-22/h2-10,15-16H,11-14,17H2,1H3. The Bertz CT molecular complexity index is 1210. The number of ether oxygens (including phenoxy) is 1. The van der Waals surface area contributed by atoms with Gasteiger partial charge in [0.05, 0.1) is 30.3 Å². The highest BCUT2D eigenvalue weighted by atomic mass is 16.5. The third-order valence-electron chi connectivity index (χ3n) is 5.67. The number of methoxy groups -OCH3 is 1. The molecule has 33 heavy (non-hydrogen) atoms. The van der Waals surface area contributed by atoms with Crippen molar-refractivity contribution in [3.63, 3.8) is 0 Å². The quantitative estimate of drug-likeness (QED) is 0.452. The van der Waals surface area contributed by atoms with E-state index in [0.29, 0.717) is 41.7 Å². The number of hydrogen-bond acceptors (Lipinski definition) is 7. The number of furan rings is 1. The highest BCUT2D eigenvalue weighted by Gasteiger charge is 2.27. The molecule has 0 unspecified atom stereocenters. The van der Waals surface area contributed by atoms with Gasteiger partial charge in [-0.15, -0.1) is 0 Å². The van der Waals surface area contributed by atoms with E-state index in [0.717, 1.165) is 13.1 Å². The Morgan fingerprint density at radius 1 is 1.06 bits per heavy atom. The highest BCUT2D eigenvalue weighted by Crippen LogP contribution is 2.21. The maximum Gasteiger partial charge on any atom is 0.257 e. The van der Waals surface area contributed by atoms with Gasteiger partial charge in [0.2, 0.25) is 0 Å². The Hall–Kier alpha value is -3.98. The van der Waals surface area contributed by atoms with Gasteiger partial charge in [-0.25, -0.2) is 9.97 Å². The normalized spacial score (nSPS) is 14.0. The van der Waals surface area contributed by atoms with E-state index < -0.39 is 0 Å². The van der Waals surface area contributed by atoms with Crippen molar-refractivity contribution in [3.8, 4) is 17.4 Å². The van der Waals surface area contributed by atoms with E-state index in [1.165, 1.54) is 5.69 Å². The topological polar surface area (TPSA) is 89.5 Å². The number of carbonyl (C=O) groups is 1. The first-order chi connectivity index (χ1) is 16.2. The van der Waals surface area contributed by atoms with E-state index in [2.05, 4.69) is 32.1 Å². The summed E-state index contributed by atoms with van der Waals surface area (Å²) in [6, 6.07) is 15.6. The third kappa shape index (κ3) is 4.22. The first kappa shape index (κ1) is 20.9. The summed E-state index contributed by atoms with van der Waals surface area (Å²) in [7, 11) is 1.59. The second-order valence-electron chi connectivity index (χ2n) is 7.68. The van der Waals surface area contributed by atoms with Gasteiger partial charge in [-0.1, -0.05) is 18.2 Å². The summed E-state index contributed by atoms with van der Waals surface area (Å²) in [6.07, 6.45) is 4.81. The predicted octanol–water partition coefficient (Wildman–Crippen LogP) is 3.03. The van der Waals surface area contributed by atoms with Gasteiger partial charge in [-0.05, 0) is 30.3 Å². The molecule has 0 aliphatic carbocycles. The minimum atomic E-state index is -0.0665. The zero-order valence-corrected chi connectivity index (χ0v) is 18.3. The van der Waals surface area contributed by atoms with Crippen LogP contribution in [0.3, 0.4) is 0 Å². The molecule has 1 saturated heterocycles. The van der Waals surface area contributed by atoms with Crippen molar-refractivity contribution in [2.24, 2.45) is 0 Å². The van der Waals surface area contributed by atoms with E-state index >= 15 is 0 Å². The van der Waals surface area contributed by atoms with Crippen molar-refractivity contribution < 1.29 is 13.9 Å². The summed E-state index contributed by atoms with van der Waals surface area (Å²) >= 11 is 0. The fourth-order valence-corrected chi connectivity index (χ4v) is 3.99. The van der Waals surface area contributed by atoms with Gasteiger partial charge in [0.15, 0.2) is 5.76 Å². The number of para-hydroxylation sites is 1. The van der Waals surface area contributed by atoms with Crippen molar-refractivity contribution in [3.05, 3.63) is 78.4 Å². The number of carbonyl (C=O) groups excluding carboxylic acids is 1. The monoisotopic (exact) mass is 444 g/mol. The molecule has 5 rings (SSSR count). The third-order valence-corrected chi connectivity index (χ3v) is 5.67. The molecule has 0 bridgehead atoms. The average Bonchev–Trinajstić information content (AvgIpc) is 3.55. The summed E-state index contributed by atoms with van der Waals surface area (Å²) in [6.45, 7) is 3.03. The molecule has 4 aromatic rings. The summed E-state index contributed by atoms with van der Waals surface area (Å²) in [4.78, 5) is 26.4. The van der Waals surface area contributed by atoms with Crippen molar-refractivity contribution in [1.29, 1.82) is 0 Å². The van der Waals surface area contributed by atoms with E-state index in [4.69, 9.17) is 9.15 Å². The van der Waals surface area contributed by atoms with Crippen LogP contribution in [-0.2, 0) is 11.3 Å². The molecule has 0 N–H and O–H groups in total. The first-order valence-electron chi connectivity index (χ1n) is 10.8. The molecular weight excluding hydrogens is 420 g/mol. The average molecular weight is 444 g/mol. The zero-order valence-electron chi connectivity index (χ0n) is 18.3. The molecule has 3 aromatic heterocycles. The summed E-state index contributed by atoms with van der Waals surface area (Å²) in [5, 5.41) is 4.43. The summed E-state index contributed by atoms with van der Waals surface area (Å²) < 4.78 is 12.4. The number of anilines is 1. The first-order valence-corrected chi connectivity index (χ1v) is 10.8. The Kier molecular flexibility index (Phi) is 5.86. The minimum absolute atomic E-state index is 0.0665. The Morgan fingerprint density at radius 3 is 2.61 bits per heavy atom. The van der Waals surface area contributed by atoms with E-state index in [-0.39, 0.29) is 12.5 Å². The fraction of sp³-hybridized carbons (Fsp3) is 0.250. The highest BCUT2D eigenvalue weighted by molar-refractivity contribution is 5.95. The molecule has 1 aliphatic heterocycles. The SMILES string of the molecule is COCc1c(C(=O)N2CCN(c3ccccc3)CC2)cnn1-c1nccc(-c2ccco2)n1. The maximum absolute atomic E-state index is 13.4. The van der Waals surface area contributed by atoms with Crippen LogP contribution in [0, 0.1) is 0 Å². The maximum atomic E-state index is 13.4. The van der Waals surface area contributed by atoms with Gasteiger partial charge in [0.25, 0.3) is 11.9 Å². The lowest BCUT2D eigenvalue weighted by Crippen LogP contribution is -2.49. The van der Waals surface area contributed by atoms with E-state index in [9.17, 15) is 4.79 Å². The molecule has 4 heterocycles. The second kappa shape index (κ2) is 9.25. The molecular formula is C24H24N6O3. The van der Waals surface area contributed by atoms with Gasteiger partial charge < -0.3 is 19.0 Å². The van der Waals surface area contributed by atoms with Crippen LogP contribution < -0.4 is 4.90 Å². The smallest absolute Gasteiger partial charge is 0.257 e. The van der Waals surface area contributed by atoms with Crippen LogP contribution >= 0.6 is 0 Å². The second-order valence-corrected chi connectivity index (χ2v) is 7.68. The Morgan fingerprint density at radius 2 is 1.88 bits per heavy atom. The molecule has 0 saturated carbocycles. The minimum Gasteiger partial charge on any atom is -0.463 e. The lowest BCUT2D eigenvalue weighted by atomic mass is 10.2. The van der Waals surface area contributed by atoms with Crippen LogP contribution in [-0.4, -0.2) is 63.8 Å². The molecule has 0 atom stereocenters. The molecule has 1 aliphatic rings. The number of rotatable bonds is 6. The van der Waals surface area contributed by atoms with Gasteiger partial charge in [-0.2, -0.15) is 9.78 Å². The molecule has 0 radical (unpaired) electrons. The van der Waals surface area contributed by atoms with Gasteiger partial charge >= 0.3 is 0 Å². The Balaban J connectivity index is 1.37. The zero-order chi connectivity index (χ0) is 22.6. The van der Waals surface area contributed by atoms with Crippen molar-refractivity contribution in [2.45, 2.75) is 6.61 Å². The van der Waals surface area contributed by atoms with Crippen LogP contribution in [0.2, 0.25) is 0 Å². The largest absolute Gasteiger partial charge is 0.463 e. The summed E-state index contributed by atoms with van der Waals surface area (Å²) in [5.41, 5.74) is 2.92. The molecule has 9 nitrogen and oxygen atoms in total. The Labute approximate surface area is 191 Å². The number of hydrogen-bond donors (Lipinski definition) is 0. The van der Waals surface area contributed by atoms with Crippen LogP contribution in [0.4, 0.5) is 5.69 Å². The van der Waals surface area contributed by atoms with Crippen LogP contribution in [0.15, 0.2) is 71.6 Å². The predicted molar refractivity (Wildman–Crippen MR) is 122 cm³/mol. The molecule has 0 spiro atoms. The van der Waals surface area contributed by atoms with Gasteiger partial charge in [-0.3, -0.25) is 4.79 Å². The molecule has 9 heteroatoms. The molecule has 1 amide bonds. The number of aromatic nitrogens is 4. The number of amides is 1. The van der Waals surface area contributed by atoms with E-state index in [1.807, 2.05) is 29.2 Å².